The molecule has 8 N–H and O–H groups in total. The van der Waals surface area contributed by atoms with E-state index in [0.29, 0.717) is 0 Å². The first-order valence-corrected chi connectivity index (χ1v) is 12.3. The Morgan fingerprint density at radius 1 is 0.658 bits per heavy atom. The molecule has 0 aliphatic carbocycles. The van der Waals surface area contributed by atoms with Crippen LogP contribution in [0, 0.1) is 0 Å². The van der Waals surface area contributed by atoms with Crippen molar-refractivity contribution in [2.75, 3.05) is 79.9 Å². The number of carbonyl (C=O) groups is 4. The van der Waals surface area contributed by atoms with Crippen LogP contribution in [-0.4, -0.2) is 122 Å². The van der Waals surface area contributed by atoms with E-state index in [-0.39, 0.29) is 90.2 Å². The van der Waals surface area contributed by atoms with E-state index in [1.54, 1.807) is 21.0 Å². The molecule has 0 saturated heterocycles. The number of nitrogens with one attached hydrogen (secondary N) is 4. The van der Waals surface area contributed by atoms with Gasteiger partial charge in [0.25, 0.3) is 0 Å². The minimum Gasteiger partial charge on any atom is -0.378 e. The van der Waals surface area contributed by atoms with Crippen molar-refractivity contribution in [3.05, 3.63) is 0 Å². The van der Waals surface area contributed by atoms with Crippen LogP contribution in [0.5, 0.6) is 0 Å². The van der Waals surface area contributed by atoms with Gasteiger partial charge in [-0.25, -0.2) is 0 Å². The lowest BCUT2D eigenvalue weighted by molar-refractivity contribution is -0.156. The molecule has 0 spiro atoms. The van der Waals surface area contributed by atoms with Crippen LogP contribution >= 0.6 is 0 Å². The zero-order valence-electron chi connectivity index (χ0n) is 22.5. The molecule has 2 unspecified atom stereocenters. The molecule has 222 valence electrons. The molecule has 0 aliphatic rings. The predicted molar refractivity (Wildman–Crippen MR) is 134 cm³/mol. The van der Waals surface area contributed by atoms with Crippen molar-refractivity contribution in [2.45, 2.75) is 38.1 Å². The topological polar surface area (TPSA) is 224 Å². The normalized spacial score (nSPS) is 13.5. The summed E-state index contributed by atoms with van der Waals surface area (Å²) >= 11 is 0. The molecule has 0 heterocycles. The Hall–Kier alpha value is -2.12. The number of ether oxygens (including phenoxy) is 4. The van der Waals surface area contributed by atoms with E-state index in [4.69, 9.17) is 40.1 Å². The number of Topliss-reactive ketones (excluding diaryl/α,β-unsaturated/α-hetero) is 2. The van der Waals surface area contributed by atoms with Gasteiger partial charge in [-0.05, 0) is 21.0 Å². The maximum Gasteiger partial charge on any atom is 0.327 e. The third kappa shape index (κ3) is 20.9. The number of rotatable bonds is 26. The number of hydrogen-bond acceptors (Lipinski definition) is 16. The summed E-state index contributed by atoms with van der Waals surface area (Å²) in [7, 11) is 3.27. The van der Waals surface area contributed by atoms with Crippen LogP contribution in [0.2, 0.25) is 0 Å². The predicted octanol–water partition coefficient (Wildman–Crippen LogP) is -3.49. The van der Waals surface area contributed by atoms with Crippen molar-refractivity contribution in [1.82, 2.24) is 21.6 Å². The summed E-state index contributed by atoms with van der Waals surface area (Å²) in [5.41, 5.74) is 16.0. The molecular weight excluding hydrogens is 508 g/mol. The quantitative estimate of drug-likeness (QED) is 0.0348. The number of hydroxylamine groups is 2. The number of likely N-dealkylation sites (N-methyl/N-ethyl adjacent to an activating group) is 2. The largest absolute Gasteiger partial charge is 0.378 e. The van der Waals surface area contributed by atoms with E-state index in [9.17, 15) is 19.2 Å². The molecule has 0 rings (SSSR count). The molecule has 0 aliphatic heterocycles. The van der Waals surface area contributed by atoms with Gasteiger partial charge in [-0.2, -0.15) is 11.0 Å². The highest BCUT2D eigenvalue weighted by Gasteiger charge is 2.14. The van der Waals surface area contributed by atoms with Crippen molar-refractivity contribution in [3.8, 4) is 0 Å². The van der Waals surface area contributed by atoms with E-state index >= 15 is 0 Å². The van der Waals surface area contributed by atoms with Crippen LogP contribution in [-0.2, 0) is 47.8 Å². The summed E-state index contributed by atoms with van der Waals surface area (Å²) in [5.74, 6) is -1.48. The highest BCUT2D eigenvalue weighted by atomic mass is 16.7. The molecule has 16 nitrogen and oxygen atoms in total. The van der Waals surface area contributed by atoms with E-state index in [0.717, 1.165) is 0 Å². The number of hydrogen-bond donors (Lipinski definition) is 6. The summed E-state index contributed by atoms with van der Waals surface area (Å²) in [6.07, 6.45) is -0.470. The van der Waals surface area contributed by atoms with Gasteiger partial charge in [0.05, 0.1) is 90.7 Å². The van der Waals surface area contributed by atoms with Crippen LogP contribution in [0.3, 0.4) is 0 Å². The van der Waals surface area contributed by atoms with Gasteiger partial charge < -0.3 is 50.7 Å². The summed E-state index contributed by atoms with van der Waals surface area (Å²) < 4.78 is 21.4. The second-order valence-electron chi connectivity index (χ2n) is 7.89. The van der Waals surface area contributed by atoms with Crippen molar-refractivity contribution in [2.24, 2.45) is 11.5 Å². The van der Waals surface area contributed by atoms with Gasteiger partial charge in [0.15, 0.2) is 17.9 Å². The third-order valence-electron chi connectivity index (χ3n) is 4.57. The fourth-order valence-electron chi connectivity index (χ4n) is 2.47. The molecule has 0 saturated carbocycles. The van der Waals surface area contributed by atoms with Gasteiger partial charge in [-0.3, -0.25) is 19.2 Å². The number of ketones is 2. The fourth-order valence-corrected chi connectivity index (χ4v) is 2.47. The zero-order valence-corrected chi connectivity index (χ0v) is 22.5. The maximum absolute atomic E-state index is 11.6. The van der Waals surface area contributed by atoms with Crippen molar-refractivity contribution < 1.29 is 47.8 Å². The minimum atomic E-state index is -0.774. The Kier molecular flexibility index (Phi) is 22.6. The first-order chi connectivity index (χ1) is 18.2. The van der Waals surface area contributed by atoms with Gasteiger partial charge in [-0.1, -0.05) is 0 Å². The monoisotopic (exact) mass is 552 g/mol. The lowest BCUT2D eigenvalue weighted by atomic mass is 10.2. The van der Waals surface area contributed by atoms with Crippen LogP contribution < -0.4 is 33.1 Å². The second-order valence-corrected chi connectivity index (χ2v) is 7.89. The summed E-state index contributed by atoms with van der Waals surface area (Å²) in [4.78, 5) is 55.7. The van der Waals surface area contributed by atoms with Crippen LogP contribution in [0.25, 0.3) is 0 Å². The molecule has 0 aromatic carbocycles. The Morgan fingerprint density at radius 3 is 1.42 bits per heavy atom. The van der Waals surface area contributed by atoms with Gasteiger partial charge in [-0.15, -0.1) is 0 Å². The summed E-state index contributed by atoms with van der Waals surface area (Å²) in [5, 5.41) is 5.40. The Morgan fingerprint density at radius 2 is 1.05 bits per heavy atom. The van der Waals surface area contributed by atoms with E-state index in [1.807, 2.05) is 0 Å². The second kappa shape index (κ2) is 24.0. The highest BCUT2D eigenvalue weighted by molar-refractivity contribution is 5.86. The minimum absolute atomic E-state index is 0.0174. The van der Waals surface area contributed by atoms with Gasteiger partial charge >= 0.3 is 11.9 Å². The first-order valence-electron chi connectivity index (χ1n) is 12.3. The zero-order chi connectivity index (χ0) is 28.6. The standard InChI is InChI=1S/C22H44N6O10/c1-16(35-10-8-33-6-4-21(31)37-27-12-17(23)19(29)14-25-2)36-11-9-34-7-5-22(32)38-28-13-18(24)20(30)15-26-3/h16-18,25-28H,4-15,23-24H2,1-3H3. The lowest BCUT2D eigenvalue weighted by Crippen LogP contribution is -2.44. The maximum atomic E-state index is 11.6. The molecule has 16 heteroatoms. The van der Waals surface area contributed by atoms with Crippen molar-refractivity contribution in [3.63, 3.8) is 0 Å². The lowest BCUT2D eigenvalue weighted by Gasteiger charge is -2.14. The van der Waals surface area contributed by atoms with Crippen molar-refractivity contribution in [1.29, 1.82) is 0 Å². The van der Waals surface area contributed by atoms with E-state index < -0.39 is 30.3 Å². The summed E-state index contributed by atoms with van der Waals surface area (Å²) in [6.45, 7) is 3.30. The number of nitrogens with two attached hydrogens (primary N) is 2. The molecule has 0 aromatic heterocycles. The van der Waals surface area contributed by atoms with Gasteiger partial charge in [0.2, 0.25) is 0 Å². The summed E-state index contributed by atoms with van der Waals surface area (Å²) in [6, 6.07) is -1.55. The smallest absolute Gasteiger partial charge is 0.327 e. The molecule has 0 bridgehead atoms. The SMILES string of the molecule is CNCC(=O)C(N)CNOC(=O)CCOCCOC(C)OCCOCCC(=O)ONCC(N)C(=O)CNC. The van der Waals surface area contributed by atoms with E-state index in [1.165, 1.54) is 0 Å². The van der Waals surface area contributed by atoms with Crippen molar-refractivity contribution >= 4 is 23.5 Å². The molecule has 0 amide bonds. The molecule has 2 atom stereocenters. The molecule has 0 radical (unpaired) electrons. The highest BCUT2D eigenvalue weighted by Crippen LogP contribution is 1.95. The molecule has 0 aromatic rings. The molecular formula is C22H44N6O10. The molecule has 38 heavy (non-hydrogen) atoms. The molecule has 0 fully saturated rings. The van der Waals surface area contributed by atoms with Crippen LogP contribution in [0.15, 0.2) is 0 Å². The third-order valence-corrected chi connectivity index (χ3v) is 4.57. The Labute approximate surface area is 223 Å². The van der Waals surface area contributed by atoms with Gasteiger partial charge in [0.1, 0.15) is 0 Å². The van der Waals surface area contributed by atoms with Crippen LogP contribution in [0.1, 0.15) is 19.8 Å². The number of carbonyl (C=O) groups excluding carboxylic acids is 4. The van der Waals surface area contributed by atoms with E-state index in [2.05, 4.69) is 21.6 Å². The Bertz CT molecular complexity index is 619. The van der Waals surface area contributed by atoms with Gasteiger partial charge in [0, 0.05) is 0 Å². The fraction of sp³-hybridized carbons (Fsp3) is 0.818. The van der Waals surface area contributed by atoms with Crippen LogP contribution in [0.4, 0.5) is 0 Å². The Balaban J connectivity index is 3.56. The first kappa shape index (κ1) is 35.9. The average Bonchev–Trinajstić information content (AvgIpc) is 2.88. The average molecular weight is 553 g/mol.